The van der Waals surface area contributed by atoms with E-state index in [-0.39, 0.29) is 6.04 Å². The highest BCUT2D eigenvalue weighted by Crippen LogP contribution is 2.30. The van der Waals surface area contributed by atoms with Crippen LogP contribution in [-0.2, 0) is 0 Å². The number of hydrogen-bond donors (Lipinski definition) is 2. The van der Waals surface area contributed by atoms with Crippen LogP contribution < -0.4 is 5.73 Å². The van der Waals surface area contributed by atoms with E-state index in [0.717, 1.165) is 18.7 Å². The first-order valence-electron chi connectivity index (χ1n) is 3.99. The van der Waals surface area contributed by atoms with Gasteiger partial charge in [0.1, 0.15) is 12.2 Å². The van der Waals surface area contributed by atoms with Crippen molar-refractivity contribution in [2.24, 2.45) is 5.73 Å². The second-order valence-corrected chi connectivity index (χ2v) is 3.07. The first kappa shape index (κ1) is 6.79. The van der Waals surface area contributed by atoms with Crippen LogP contribution in [0.5, 0.6) is 0 Å². The smallest absolute Gasteiger partial charge is 0.137 e. The molecule has 0 amide bonds. The van der Waals surface area contributed by atoms with E-state index in [9.17, 15) is 0 Å². The number of nitrogens with one attached hydrogen (secondary N) is 1. The number of nitrogens with zero attached hydrogens (tertiary/aromatic N) is 2. The molecule has 1 aromatic rings. The molecule has 11 heavy (non-hydrogen) atoms. The molecule has 60 valence electrons. The highest BCUT2D eigenvalue weighted by molar-refractivity contribution is 5.01. The van der Waals surface area contributed by atoms with Crippen molar-refractivity contribution in [2.45, 2.75) is 31.2 Å². The van der Waals surface area contributed by atoms with Crippen LogP contribution in [0.25, 0.3) is 0 Å². The first-order chi connectivity index (χ1) is 5.38. The zero-order valence-corrected chi connectivity index (χ0v) is 6.33. The van der Waals surface area contributed by atoms with Crippen LogP contribution in [0, 0.1) is 0 Å². The van der Waals surface area contributed by atoms with E-state index in [1.807, 2.05) is 0 Å². The quantitative estimate of drug-likeness (QED) is 0.612. The van der Waals surface area contributed by atoms with Gasteiger partial charge in [0.25, 0.3) is 0 Å². The summed E-state index contributed by atoms with van der Waals surface area (Å²) in [5.74, 6) is 1.37. The number of aromatic nitrogens is 3. The maximum Gasteiger partial charge on any atom is 0.137 e. The normalized spacial score (nSPS) is 31.0. The number of rotatable bonds is 1. The van der Waals surface area contributed by atoms with E-state index < -0.39 is 0 Å². The Morgan fingerprint density at radius 2 is 2.45 bits per heavy atom. The average molecular weight is 152 g/mol. The zero-order chi connectivity index (χ0) is 7.68. The van der Waals surface area contributed by atoms with Gasteiger partial charge >= 0.3 is 0 Å². The minimum absolute atomic E-state index is 0.281. The molecule has 3 N–H and O–H groups in total. The molecule has 0 bridgehead atoms. The number of H-pyrrole nitrogens is 1. The number of nitrogens with two attached hydrogens (primary N) is 1. The summed E-state index contributed by atoms with van der Waals surface area (Å²) < 4.78 is 0. The molecule has 2 atom stereocenters. The van der Waals surface area contributed by atoms with E-state index in [1.54, 1.807) is 6.33 Å². The van der Waals surface area contributed by atoms with Gasteiger partial charge in [-0.2, -0.15) is 5.10 Å². The van der Waals surface area contributed by atoms with Crippen molar-refractivity contribution < 1.29 is 0 Å². The summed E-state index contributed by atoms with van der Waals surface area (Å²) in [4.78, 5) is 4.10. The Hall–Kier alpha value is -0.900. The Kier molecular flexibility index (Phi) is 1.62. The summed E-state index contributed by atoms with van der Waals surface area (Å²) in [5, 5.41) is 6.68. The van der Waals surface area contributed by atoms with Gasteiger partial charge in [0.15, 0.2) is 0 Å². The largest absolute Gasteiger partial charge is 0.327 e. The molecule has 4 nitrogen and oxygen atoms in total. The molecule has 2 unspecified atom stereocenters. The van der Waals surface area contributed by atoms with Crippen LogP contribution in [0.3, 0.4) is 0 Å². The van der Waals surface area contributed by atoms with Crippen molar-refractivity contribution in [2.75, 3.05) is 0 Å². The fraction of sp³-hybridized carbons (Fsp3) is 0.714. The van der Waals surface area contributed by atoms with E-state index in [4.69, 9.17) is 5.73 Å². The van der Waals surface area contributed by atoms with Crippen LogP contribution in [0.4, 0.5) is 0 Å². The van der Waals surface area contributed by atoms with E-state index in [0.29, 0.717) is 5.92 Å². The second-order valence-electron chi connectivity index (χ2n) is 3.07. The lowest BCUT2D eigenvalue weighted by Crippen LogP contribution is -2.23. The predicted octanol–water partition coefficient (Wildman–Crippen LogP) is 0.399. The van der Waals surface area contributed by atoms with Crippen LogP contribution in [0.1, 0.15) is 31.0 Å². The monoisotopic (exact) mass is 152 g/mol. The van der Waals surface area contributed by atoms with Crippen LogP contribution in [0.2, 0.25) is 0 Å². The lowest BCUT2D eigenvalue weighted by molar-refractivity contribution is 0.583. The van der Waals surface area contributed by atoms with Crippen LogP contribution in [0.15, 0.2) is 6.33 Å². The summed E-state index contributed by atoms with van der Waals surface area (Å²) in [6.07, 6.45) is 5.02. The SMILES string of the molecule is NC1CCCC1c1ncn[nH]1. The Labute approximate surface area is 65.2 Å². The standard InChI is InChI=1S/C7H12N4/c8-6-3-1-2-5(6)7-9-4-10-11-7/h4-6H,1-3,8H2,(H,9,10,11). The minimum atomic E-state index is 0.281. The van der Waals surface area contributed by atoms with Gasteiger partial charge in [-0.1, -0.05) is 6.42 Å². The molecule has 1 aliphatic carbocycles. The van der Waals surface area contributed by atoms with Gasteiger partial charge in [-0.25, -0.2) is 4.98 Å². The third kappa shape index (κ3) is 1.14. The van der Waals surface area contributed by atoms with E-state index >= 15 is 0 Å². The molecule has 4 heteroatoms. The molecular weight excluding hydrogens is 140 g/mol. The van der Waals surface area contributed by atoms with Crippen molar-refractivity contribution in [1.82, 2.24) is 15.2 Å². The molecule has 1 aromatic heterocycles. The highest BCUT2D eigenvalue weighted by Gasteiger charge is 2.27. The van der Waals surface area contributed by atoms with Crippen molar-refractivity contribution in [3.63, 3.8) is 0 Å². The molecule has 1 aliphatic rings. The summed E-state index contributed by atoms with van der Waals surface area (Å²) in [6.45, 7) is 0. The van der Waals surface area contributed by atoms with Crippen molar-refractivity contribution in [3.8, 4) is 0 Å². The van der Waals surface area contributed by atoms with Crippen molar-refractivity contribution >= 4 is 0 Å². The van der Waals surface area contributed by atoms with Gasteiger partial charge in [0.05, 0.1) is 0 Å². The summed E-state index contributed by atoms with van der Waals surface area (Å²) in [5.41, 5.74) is 5.88. The summed E-state index contributed by atoms with van der Waals surface area (Å²) in [6, 6.07) is 0.281. The molecule has 1 fully saturated rings. The summed E-state index contributed by atoms with van der Waals surface area (Å²) in [7, 11) is 0. The van der Waals surface area contributed by atoms with Gasteiger partial charge in [-0.15, -0.1) is 0 Å². The summed E-state index contributed by atoms with van der Waals surface area (Å²) >= 11 is 0. The van der Waals surface area contributed by atoms with Crippen molar-refractivity contribution in [1.29, 1.82) is 0 Å². The van der Waals surface area contributed by atoms with Crippen LogP contribution in [-0.4, -0.2) is 21.2 Å². The Balaban J connectivity index is 2.16. The Morgan fingerprint density at radius 3 is 3.00 bits per heavy atom. The maximum absolute atomic E-state index is 5.88. The zero-order valence-electron chi connectivity index (χ0n) is 6.33. The fourth-order valence-corrected chi connectivity index (χ4v) is 1.72. The lowest BCUT2D eigenvalue weighted by Gasteiger charge is -2.10. The number of aromatic amines is 1. The fourth-order valence-electron chi connectivity index (χ4n) is 1.72. The molecular formula is C7H12N4. The minimum Gasteiger partial charge on any atom is -0.327 e. The second kappa shape index (κ2) is 2.62. The van der Waals surface area contributed by atoms with Crippen molar-refractivity contribution in [3.05, 3.63) is 12.2 Å². The Bertz CT molecular complexity index is 218. The highest BCUT2D eigenvalue weighted by atomic mass is 15.2. The van der Waals surface area contributed by atoms with Gasteiger partial charge in [-0.3, -0.25) is 5.10 Å². The third-order valence-electron chi connectivity index (χ3n) is 2.35. The molecule has 0 spiro atoms. The van der Waals surface area contributed by atoms with Gasteiger partial charge < -0.3 is 5.73 Å². The maximum atomic E-state index is 5.88. The van der Waals surface area contributed by atoms with E-state index in [2.05, 4.69) is 15.2 Å². The topological polar surface area (TPSA) is 67.6 Å². The first-order valence-corrected chi connectivity index (χ1v) is 3.99. The van der Waals surface area contributed by atoms with Gasteiger partial charge in [-0.05, 0) is 12.8 Å². The third-order valence-corrected chi connectivity index (χ3v) is 2.35. The molecule has 0 aromatic carbocycles. The molecule has 0 radical (unpaired) electrons. The van der Waals surface area contributed by atoms with Gasteiger partial charge in [0, 0.05) is 12.0 Å². The van der Waals surface area contributed by atoms with Crippen LogP contribution >= 0.6 is 0 Å². The molecule has 0 saturated heterocycles. The average Bonchev–Trinajstić information content (AvgIpc) is 2.55. The lowest BCUT2D eigenvalue weighted by atomic mass is 10.0. The molecule has 2 rings (SSSR count). The molecule has 1 heterocycles. The Morgan fingerprint density at radius 1 is 1.55 bits per heavy atom. The predicted molar refractivity (Wildman–Crippen MR) is 41.0 cm³/mol. The van der Waals surface area contributed by atoms with E-state index in [1.165, 1.54) is 6.42 Å². The molecule has 0 aliphatic heterocycles. The van der Waals surface area contributed by atoms with Gasteiger partial charge in [0.2, 0.25) is 0 Å². The molecule has 1 saturated carbocycles. The number of hydrogen-bond acceptors (Lipinski definition) is 3.